The molecule has 1 amide bonds. The number of nitrogens with zero attached hydrogens (tertiary/aromatic N) is 1. The van der Waals surface area contributed by atoms with Gasteiger partial charge in [-0.25, -0.2) is 0 Å². The predicted octanol–water partition coefficient (Wildman–Crippen LogP) is 0.989. The number of amides is 1. The minimum absolute atomic E-state index is 0.115. The Hall–Kier alpha value is -0.280. The second kappa shape index (κ2) is 5.45. The third-order valence-electron chi connectivity index (χ3n) is 2.36. The molecule has 0 bridgehead atoms. The number of hydrogen-bond acceptors (Lipinski definition) is 2. The van der Waals surface area contributed by atoms with Gasteiger partial charge < -0.3 is 10.0 Å². The Balaban J connectivity index is 2.37. The topological polar surface area (TPSA) is 40.5 Å². The summed E-state index contributed by atoms with van der Waals surface area (Å²) in [5.41, 5.74) is 0. The molecular weight excluding hydrogens is 190 g/mol. The third-order valence-corrected chi connectivity index (χ3v) is 2.55. The highest BCUT2D eigenvalue weighted by atomic mass is 35.5. The van der Waals surface area contributed by atoms with Crippen LogP contribution in [0.5, 0.6) is 0 Å². The lowest BCUT2D eigenvalue weighted by molar-refractivity contribution is -0.130. The number of halogens is 1. The van der Waals surface area contributed by atoms with Gasteiger partial charge in [0.05, 0.1) is 6.10 Å². The average molecular weight is 206 g/mol. The first-order chi connectivity index (χ1) is 6.24. The van der Waals surface area contributed by atoms with Gasteiger partial charge in [-0.15, -0.1) is 11.6 Å². The smallest absolute Gasteiger partial charge is 0.223 e. The summed E-state index contributed by atoms with van der Waals surface area (Å²) in [4.78, 5) is 13.2. The van der Waals surface area contributed by atoms with Crippen molar-refractivity contribution in [3.63, 3.8) is 0 Å². The van der Waals surface area contributed by atoms with E-state index in [9.17, 15) is 9.90 Å². The standard InChI is InChI=1S/C9H16ClNO2/c10-5-3-9(13)11-6-1-2-8(12)4-7-11/h8,12H,1-7H2. The van der Waals surface area contributed by atoms with Crippen molar-refractivity contribution in [2.24, 2.45) is 0 Å². The van der Waals surface area contributed by atoms with Crippen molar-refractivity contribution in [1.29, 1.82) is 0 Å². The quantitative estimate of drug-likeness (QED) is 0.683. The maximum Gasteiger partial charge on any atom is 0.223 e. The molecule has 0 spiro atoms. The van der Waals surface area contributed by atoms with E-state index in [0.29, 0.717) is 25.3 Å². The molecule has 0 aromatic carbocycles. The summed E-state index contributed by atoms with van der Waals surface area (Å²) in [6.07, 6.45) is 2.60. The molecule has 0 saturated carbocycles. The number of carbonyl (C=O) groups is 1. The van der Waals surface area contributed by atoms with Crippen molar-refractivity contribution < 1.29 is 9.90 Å². The summed E-state index contributed by atoms with van der Waals surface area (Å²) in [6.45, 7) is 1.45. The zero-order valence-corrected chi connectivity index (χ0v) is 8.46. The van der Waals surface area contributed by atoms with Crippen LogP contribution < -0.4 is 0 Å². The molecule has 0 aliphatic carbocycles. The highest BCUT2D eigenvalue weighted by molar-refractivity contribution is 6.18. The van der Waals surface area contributed by atoms with Crippen LogP contribution in [0, 0.1) is 0 Å². The molecule has 1 heterocycles. The molecule has 1 atom stereocenters. The van der Waals surface area contributed by atoms with Gasteiger partial charge in [0.1, 0.15) is 0 Å². The van der Waals surface area contributed by atoms with Crippen LogP contribution in [0.15, 0.2) is 0 Å². The third kappa shape index (κ3) is 3.53. The van der Waals surface area contributed by atoms with Crippen molar-refractivity contribution in [2.45, 2.75) is 31.8 Å². The first-order valence-corrected chi connectivity index (χ1v) is 5.29. The molecular formula is C9H16ClNO2. The molecule has 0 radical (unpaired) electrons. The van der Waals surface area contributed by atoms with Crippen LogP contribution in [0.25, 0.3) is 0 Å². The van der Waals surface area contributed by atoms with Crippen molar-refractivity contribution in [2.75, 3.05) is 19.0 Å². The fourth-order valence-corrected chi connectivity index (χ4v) is 1.73. The van der Waals surface area contributed by atoms with E-state index in [2.05, 4.69) is 0 Å². The highest BCUT2D eigenvalue weighted by Crippen LogP contribution is 2.11. The van der Waals surface area contributed by atoms with Crippen molar-refractivity contribution in [1.82, 2.24) is 4.90 Å². The van der Waals surface area contributed by atoms with Crippen LogP contribution in [0.4, 0.5) is 0 Å². The maximum absolute atomic E-state index is 11.4. The molecule has 13 heavy (non-hydrogen) atoms. The van der Waals surface area contributed by atoms with Crippen molar-refractivity contribution in [3.05, 3.63) is 0 Å². The lowest BCUT2D eigenvalue weighted by Gasteiger charge is -2.19. The van der Waals surface area contributed by atoms with Crippen LogP contribution in [-0.2, 0) is 4.79 Å². The van der Waals surface area contributed by atoms with Gasteiger partial charge in [-0.2, -0.15) is 0 Å². The first kappa shape index (κ1) is 10.8. The molecule has 0 aromatic heterocycles. The van der Waals surface area contributed by atoms with E-state index in [-0.39, 0.29) is 12.0 Å². The fourth-order valence-electron chi connectivity index (χ4n) is 1.57. The number of alkyl halides is 1. The molecule has 1 unspecified atom stereocenters. The average Bonchev–Trinajstić information content (AvgIpc) is 2.30. The Morgan fingerprint density at radius 2 is 2.23 bits per heavy atom. The van der Waals surface area contributed by atoms with Gasteiger partial charge in [-0.05, 0) is 19.3 Å². The Labute approximate surface area is 83.7 Å². The van der Waals surface area contributed by atoms with E-state index in [1.54, 1.807) is 4.90 Å². The first-order valence-electron chi connectivity index (χ1n) is 4.76. The molecule has 4 heteroatoms. The Morgan fingerprint density at radius 1 is 1.46 bits per heavy atom. The summed E-state index contributed by atoms with van der Waals surface area (Å²) in [7, 11) is 0. The van der Waals surface area contributed by atoms with Gasteiger partial charge in [-0.1, -0.05) is 0 Å². The zero-order valence-electron chi connectivity index (χ0n) is 7.71. The molecule has 1 fully saturated rings. The number of aliphatic hydroxyl groups excluding tert-OH is 1. The van der Waals surface area contributed by atoms with Crippen LogP contribution in [0.3, 0.4) is 0 Å². The number of hydrogen-bond donors (Lipinski definition) is 1. The molecule has 1 saturated heterocycles. The second-order valence-electron chi connectivity index (χ2n) is 3.40. The lowest BCUT2D eigenvalue weighted by atomic mass is 10.2. The molecule has 3 nitrogen and oxygen atoms in total. The normalized spacial score (nSPS) is 24.2. The minimum Gasteiger partial charge on any atom is -0.393 e. The van der Waals surface area contributed by atoms with E-state index in [1.165, 1.54) is 0 Å². The number of rotatable bonds is 2. The summed E-state index contributed by atoms with van der Waals surface area (Å²) in [5.74, 6) is 0.502. The Kier molecular flexibility index (Phi) is 4.53. The lowest BCUT2D eigenvalue weighted by Crippen LogP contribution is -2.32. The minimum atomic E-state index is -0.228. The predicted molar refractivity (Wildman–Crippen MR) is 51.8 cm³/mol. The monoisotopic (exact) mass is 205 g/mol. The van der Waals surface area contributed by atoms with Crippen LogP contribution >= 0.6 is 11.6 Å². The molecule has 76 valence electrons. The number of likely N-dealkylation sites (tertiary alicyclic amines) is 1. The van der Waals surface area contributed by atoms with Gasteiger partial charge in [0.25, 0.3) is 0 Å². The summed E-state index contributed by atoms with van der Waals surface area (Å²) in [6, 6.07) is 0. The second-order valence-corrected chi connectivity index (χ2v) is 3.78. The van der Waals surface area contributed by atoms with Crippen molar-refractivity contribution >= 4 is 17.5 Å². The van der Waals surface area contributed by atoms with Gasteiger partial charge in [0.2, 0.25) is 5.91 Å². The summed E-state index contributed by atoms with van der Waals surface area (Å²) < 4.78 is 0. The summed E-state index contributed by atoms with van der Waals surface area (Å²) >= 11 is 5.49. The van der Waals surface area contributed by atoms with Gasteiger partial charge in [0.15, 0.2) is 0 Å². The Bertz CT molecular complexity index is 175. The molecule has 1 aliphatic heterocycles. The molecule has 0 aromatic rings. The van der Waals surface area contributed by atoms with E-state index in [0.717, 1.165) is 19.4 Å². The molecule has 1 N–H and O–H groups in total. The SMILES string of the molecule is O=C(CCCl)N1CCCC(O)CC1. The maximum atomic E-state index is 11.4. The van der Waals surface area contributed by atoms with E-state index < -0.39 is 0 Å². The van der Waals surface area contributed by atoms with Gasteiger partial charge >= 0.3 is 0 Å². The fraction of sp³-hybridized carbons (Fsp3) is 0.889. The number of carbonyl (C=O) groups excluding carboxylic acids is 1. The van der Waals surface area contributed by atoms with Crippen molar-refractivity contribution in [3.8, 4) is 0 Å². The van der Waals surface area contributed by atoms with E-state index in [4.69, 9.17) is 11.6 Å². The highest BCUT2D eigenvalue weighted by Gasteiger charge is 2.18. The van der Waals surface area contributed by atoms with Gasteiger partial charge in [0, 0.05) is 25.4 Å². The van der Waals surface area contributed by atoms with Gasteiger partial charge in [-0.3, -0.25) is 4.79 Å². The van der Waals surface area contributed by atoms with E-state index >= 15 is 0 Å². The summed E-state index contributed by atoms with van der Waals surface area (Å²) in [5, 5.41) is 9.35. The zero-order chi connectivity index (χ0) is 9.68. The van der Waals surface area contributed by atoms with E-state index in [1.807, 2.05) is 0 Å². The van der Waals surface area contributed by atoms with Crippen LogP contribution in [-0.4, -0.2) is 41.0 Å². The molecule has 1 rings (SSSR count). The largest absolute Gasteiger partial charge is 0.393 e. The van der Waals surface area contributed by atoms with Crippen LogP contribution in [0.2, 0.25) is 0 Å². The molecule has 1 aliphatic rings. The van der Waals surface area contributed by atoms with Crippen LogP contribution in [0.1, 0.15) is 25.7 Å². The number of aliphatic hydroxyl groups is 1. The Morgan fingerprint density at radius 3 is 2.92 bits per heavy atom.